The van der Waals surface area contributed by atoms with Gasteiger partial charge in [0.15, 0.2) is 6.04 Å². The second-order valence-corrected chi connectivity index (χ2v) is 5.94. The van der Waals surface area contributed by atoms with Crippen LogP contribution in [0.2, 0.25) is 0 Å². The second-order valence-electron chi connectivity index (χ2n) is 5.94. The van der Waals surface area contributed by atoms with Gasteiger partial charge in [0.05, 0.1) is 7.05 Å². The Hall–Kier alpha value is -2.88. The molecule has 0 saturated heterocycles. The third-order valence-corrected chi connectivity index (χ3v) is 4.03. The molecule has 0 aliphatic carbocycles. The first-order valence-corrected chi connectivity index (χ1v) is 8.10. The largest absolute Gasteiger partial charge is 0.348 e. The van der Waals surface area contributed by atoms with Crippen molar-refractivity contribution in [2.24, 2.45) is 7.05 Å². The van der Waals surface area contributed by atoms with Gasteiger partial charge in [0.2, 0.25) is 6.33 Å². The van der Waals surface area contributed by atoms with Gasteiger partial charge >= 0.3 is 0 Å². The molecule has 122 valence electrons. The molecule has 1 atom stereocenters. The first-order valence-electron chi connectivity index (χ1n) is 8.10. The lowest BCUT2D eigenvalue weighted by Crippen LogP contribution is -2.34. The van der Waals surface area contributed by atoms with Crippen LogP contribution in [0.1, 0.15) is 17.2 Å². The van der Waals surface area contributed by atoms with Crippen molar-refractivity contribution in [2.45, 2.75) is 19.0 Å². The van der Waals surface area contributed by atoms with Crippen LogP contribution in [0.5, 0.6) is 0 Å². The zero-order valence-corrected chi connectivity index (χ0v) is 13.8. The van der Waals surface area contributed by atoms with E-state index in [0.717, 1.165) is 11.1 Å². The van der Waals surface area contributed by atoms with Crippen LogP contribution in [0.25, 0.3) is 0 Å². The number of carbonyl (C=O) groups is 1. The topological polar surface area (TPSA) is 37.9 Å². The molecule has 4 heteroatoms. The highest BCUT2D eigenvalue weighted by Gasteiger charge is 2.25. The van der Waals surface area contributed by atoms with Crippen molar-refractivity contribution in [1.29, 1.82) is 0 Å². The number of nitrogens with one attached hydrogen (secondary N) is 1. The number of hydrogen-bond donors (Lipinski definition) is 1. The number of benzene rings is 2. The summed E-state index contributed by atoms with van der Waals surface area (Å²) in [6.07, 6.45) is 6.49. The molecule has 0 bridgehead atoms. The molecule has 1 aromatic heterocycles. The Balaban J connectivity index is 1.74. The fraction of sp³-hybridized carbons (Fsp3) is 0.200. The summed E-state index contributed by atoms with van der Waals surface area (Å²) in [5.41, 5.74) is 2.25. The number of nitrogens with zero attached hydrogens (tertiary/aromatic N) is 2. The number of rotatable bonds is 6. The van der Waals surface area contributed by atoms with E-state index in [1.54, 1.807) is 0 Å². The monoisotopic (exact) mass is 320 g/mol. The molecule has 0 radical (unpaired) electrons. The van der Waals surface area contributed by atoms with E-state index >= 15 is 0 Å². The SMILES string of the molecule is C[n+]1ccn([C@@H](Cc2ccccc2)C(=O)NCc2ccccc2)c1. The van der Waals surface area contributed by atoms with Crippen LogP contribution in [0.15, 0.2) is 79.4 Å². The Morgan fingerprint density at radius 1 is 1.04 bits per heavy atom. The molecule has 1 heterocycles. The molecule has 24 heavy (non-hydrogen) atoms. The molecule has 0 aliphatic heterocycles. The lowest BCUT2D eigenvalue weighted by molar-refractivity contribution is -0.671. The molecule has 1 N–H and O–H groups in total. The predicted octanol–water partition coefficient (Wildman–Crippen LogP) is 2.41. The van der Waals surface area contributed by atoms with Gasteiger partial charge in [-0.25, -0.2) is 9.13 Å². The molecular weight excluding hydrogens is 298 g/mol. The van der Waals surface area contributed by atoms with Crippen molar-refractivity contribution in [3.63, 3.8) is 0 Å². The Kier molecular flexibility index (Phi) is 5.06. The van der Waals surface area contributed by atoms with Gasteiger partial charge in [0.25, 0.3) is 5.91 Å². The lowest BCUT2D eigenvalue weighted by atomic mass is 10.0. The van der Waals surface area contributed by atoms with Gasteiger partial charge in [-0.05, 0) is 11.1 Å². The average Bonchev–Trinajstić information content (AvgIpc) is 3.05. The summed E-state index contributed by atoms with van der Waals surface area (Å²) in [5, 5.41) is 3.06. The highest BCUT2D eigenvalue weighted by Crippen LogP contribution is 2.14. The number of aryl methyl sites for hydroxylation is 1. The summed E-state index contributed by atoms with van der Waals surface area (Å²) in [5.74, 6) is 0.0268. The molecule has 0 fully saturated rings. The molecule has 3 aromatic rings. The Labute approximate surface area is 142 Å². The van der Waals surface area contributed by atoms with E-state index in [1.165, 1.54) is 0 Å². The normalized spacial score (nSPS) is 11.9. The van der Waals surface area contributed by atoms with E-state index in [1.807, 2.05) is 83.4 Å². The third-order valence-electron chi connectivity index (χ3n) is 4.03. The van der Waals surface area contributed by atoms with Crippen molar-refractivity contribution >= 4 is 5.91 Å². The molecule has 4 nitrogen and oxygen atoms in total. The van der Waals surface area contributed by atoms with Gasteiger partial charge in [0, 0.05) is 13.0 Å². The first kappa shape index (κ1) is 16.0. The first-order chi connectivity index (χ1) is 11.7. The third kappa shape index (κ3) is 4.10. The summed E-state index contributed by atoms with van der Waals surface area (Å²) < 4.78 is 3.91. The van der Waals surface area contributed by atoms with E-state index in [-0.39, 0.29) is 11.9 Å². The summed E-state index contributed by atoms with van der Waals surface area (Å²) in [4.78, 5) is 12.8. The molecule has 0 aliphatic rings. The zero-order chi connectivity index (χ0) is 16.8. The van der Waals surface area contributed by atoms with Gasteiger partial charge in [-0.3, -0.25) is 4.79 Å². The lowest BCUT2D eigenvalue weighted by Gasteiger charge is -2.14. The number of carbonyl (C=O) groups excluding carboxylic acids is 1. The highest BCUT2D eigenvalue weighted by atomic mass is 16.2. The van der Waals surface area contributed by atoms with Crippen LogP contribution in [0.3, 0.4) is 0 Å². The Morgan fingerprint density at radius 2 is 1.67 bits per heavy atom. The number of aromatic nitrogens is 2. The predicted molar refractivity (Wildman–Crippen MR) is 93.1 cm³/mol. The summed E-state index contributed by atoms with van der Waals surface area (Å²) in [6, 6.07) is 19.8. The summed E-state index contributed by atoms with van der Waals surface area (Å²) in [6.45, 7) is 0.540. The minimum atomic E-state index is -0.266. The van der Waals surface area contributed by atoms with Crippen molar-refractivity contribution in [2.75, 3.05) is 0 Å². The second kappa shape index (κ2) is 7.59. The number of hydrogen-bond acceptors (Lipinski definition) is 1. The minimum Gasteiger partial charge on any atom is -0.348 e. The fourth-order valence-electron chi connectivity index (χ4n) is 2.73. The van der Waals surface area contributed by atoms with Crippen LogP contribution in [0, 0.1) is 0 Å². The van der Waals surface area contributed by atoms with Crippen LogP contribution in [-0.4, -0.2) is 10.5 Å². The van der Waals surface area contributed by atoms with Crippen molar-refractivity contribution in [3.05, 3.63) is 90.5 Å². The molecule has 1 amide bonds. The van der Waals surface area contributed by atoms with Gasteiger partial charge in [0.1, 0.15) is 12.4 Å². The standard InChI is InChI=1S/C20H21N3O/c1-22-12-13-23(16-22)19(14-17-8-4-2-5-9-17)20(24)21-15-18-10-6-3-7-11-18/h2-13,16,19H,14-15H2,1H3/p+1/t19-/m0/s1. The molecule has 0 spiro atoms. The van der Waals surface area contributed by atoms with Crippen molar-refractivity contribution in [3.8, 4) is 0 Å². The van der Waals surface area contributed by atoms with E-state index in [0.29, 0.717) is 13.0 Å². The quantitative estimate of drug-likeness (QED) is 0.696. The Bertz CT molecular complexity index is 781. The summed E-state index contributed by atoms with van der Waals surface area (Å²) in [7, 11) is 1.96. The van der Waals surface area contributed by atoms with Crippen LogP contribution < -0.4 is 9.88 Å². The Morgan fingerprint density at radius 3 is 2.25 bits per heavy atom. The smallest absolute Gasteiger partial charge is 0.266 e. The maximum atomic E-state index is 12.8. The van der Waals surface area contributed by atoms with Gasteiger partial charge in [-0.1, -0.05) is 60.7 Å². The van der Waals surface area contributed by atoms with E-state index in [9.17, 15) is 4.79 Å². The van der Waals surface area contributed by atoms with E-state index < -0.39 is 0 Å². The van der Waals surface area contributed by atoms with Crippen LogP contribution in [-0.2, 0) is 24.8 Å². The molecule has 2 aromatic carbocycles. The van der Waals surface area contributed by atoms with Crippen molar-refractivity contribution in [1.82, 2.24) is 9.88 Å². The average molecular weight is 320 g/mol. The maximum absolute atomic E-state index is 12.8. The summed E-state index contributed by atoms with van der Waals surface area (Å²) >= 11 is 0. The molecule has 0 unspecified atom stereocenters. The maximum Gasteiger partial charge on any atom is 0.266 e. The highest BCUT2D eigenvalue weighted by molar-refractivity contribution is 5.80. The minimum absolute atomic E-state index is 0.0268. The zero-order valence-electron chi connectivity index (χ0n) is 13.8. The molecule has 0 saturated carbocycles. The van der Waals surface area contributed by atoms with E-state index in [2.05, 4.69) is 17.4 Å². The van der Waals surface area contributed by atoms with Gasteiger partial charge in [-0.2, -0.15) is 0 Å². The molecular formula is C20H22N3O+. The van der Waals surface area contributed by atoms with Crippen LogP contribution >= 0.6 is 0 Å². The number of imidazole rings is 1. The fourth-order valence-corrected chi connectivity index (χ4v) is 2.73. The van der Waals surface area contributed by atoms with Gasteiger partial charge < -0.3 is 5.32 Å². The van der Waals surface area contributed by atoms with E-state index in [4.69, 9.17) is 0 Å². The molecule has 3 rings (SSSR count). The number of amides is 1. The van der Waals surface area contributed by atoms with Gasteiger partial charge in [-0.15, -0.1) is 0 Å². The van der Waals surface area contributed by atoms with Crippen LogP contribution in [0.4, 0.5) is 0 Å². The van der Waals surface area contributed by atoms with Crippen molar-refractivity contribution < 1.29 is 9.36 Å².